The van der Waals surface area contributed by atoms with E-state index in [9.17, 15) is 15.3 Å². The van der Waals surface area contributed by atoms with Crippen molar-refractivity contribution in [2.75, 3.05) is 0 Å². The van der Waals surface area contributed by atoms with Crippen molar-refractivity contribution < 1.29 is 15.3 Å². The Labute approximate surface area is 216 Å². The van der Waals surface area contributed by atoms with Crippen LogP contribution in [-0.4, -0.2) is 33.6 Å². The fraction of sp³-hybridized carbons (Fsp3) is 1.00. The fourth-order valence-electron chi connectivity index (χ4n) is 11.3. The molecule has 3 N–H and O–H groups in total. The van der Waals surface area contributed by atoms with Gasteiger partial charge in [-0.05, 0) is 84.9 Å². The maximum absolute atomic E-state index is 12.2. The van der Waals surface area contributed by atoms with Crippen molar-refractivity contribution in [1.82, 2.24) is 0 Å². The Balaban J connectivity index is 1.67. The van der Waals surface area contributed by atoms with Crippen LogP contribution in [-0.2, 0) is 0 Å². The van der Waals surface area contributed by atoms with E-state index in [1.165, 1.54) is 51.4 Å². The zero-order valence-corrected chi connectivity index (χ0v) is 24.3. The van der Waals surface area contributed by atoms with Crippen molar-refractivity contribution in [2.24, 2.45) is 63.6 Å². The van der Waals surface area contributed by atoms with E-state index in [1.54, 1.807) is 0 Å². The van der Waals surface area contributed by atoms with Crippen LogP contribution < -0.4 is 0 Å². The minimum absolute atomic E-state index is 0.0192. The third-order valence-electron chi connectivity index (χ3n) is 13.0. The summed E-state index contributed by atoms with van der Waals surface area (Å²) in [6.07, 6.45) is 11.4. The Kier molecular flexibility index (Phi) is 7.88. The first kappa shape index (κ1) is 27.9. The van der Waals surface area contributed by atoms with Crippen molar-refractivity contribution in [3.63, 3.8) is 0 Å². The van der Waals surface area contributed by atoms with Crippen LogP contribution in [0.3, 0.4) is 0 Å². The highest BCUT2D eigenvalue weighted by Crippen LogP contribution is 2.73. The summed E-state index contributed by atoms with van der Waals surface area (Å²) >= 11 is 0. The SMILES string of the molecule is CCCCCCC1CCC(C)C2C(O)C3C(C)C4(C)C(O)C(C(C)O)C(C)CC4(C)CC3(C)CC12. The molecule has 0 aliphatic heterocycles. The molecule has 3 heteroatoms. The van der Waals surface area contributed by atoms with Crippen LogP contribution >= 0.6 is 0 Å². The molecule has 0 aromatic heterocycles. The summed E-state index contributed by atoms with van der Waals surface area (Å²) in [5, 5.41) is 34.7. The smallest absolute Gasteiger partial charge is 0.0656 e. The minimum Gasteiger partial charge on any atom is -0.393 e. The second-order valence-electron chi connectivity index (χ2n) is 15.0. The molecule has 4 fully saturated rings. The Morgan fingerprint density at radius 1 is 0.914 bits per heavy atom. The van der Waals surface area contributed by atoms with Gasteiger partial charge in [-0.15, -0.1) is 0 Å². The predicted molar refractivity (Wildman–Crippen MR) is 145 cm³/mol. The molecule has 0 heterocycles. The van der Waals surface area contributed by atoms with E-state index in [-0.39, 0.29) is 40.1 Å². The molecule has 14 atom stereocenters. The molecule has 0 bridgehead atoms. The van der Waals surface area contributed by atoms with E-state index in [1.807, 2.05) is 6.92 Å². The molecule has 0 spiro atoms. The molecule has 4 aliphatic carbocycles. The standard InChI is InChI=1S/C32H58O3/c1-9-10-11-12-13-23-15-14-19(2)26-24(23)17-30(6)18-31(7)16-20(3)25(22(5)33)29(35)32(31,8)21(4)27(30)28(26)34/h19-29,33-35H,9-18H2,1-8H3. The van der Waals surface area contributed by atoms with Gasteiger partial charge in [-0.2, -0.15) is 0 Å². The number of aliphatic hydroxyl groups excluding tert-OH is 3. The highest BCUT2D eigenvalue weighted by atomic mass is 16.3. The van der Waals surface area contributed by atoms with Gasteiger partial charge in [0.1, 0.15) is 0 Å². The molecule has 35 heavy (non-hydrogen) atoms. The first-order chi connectivity index (χ1) is 16.3. The van der Waals surface area contributed by atoms with E-state index in [2.05, 4.69) is 48.5 Å². The van der Waals surface area contributed by atoms with E-state index in [4.69, 9.17) is 0 Å². The van der Waals surface area contributed by atoms with Gasteiger partial charge in [0.05, 0.1) is 18.3 Å². The summed E-state index contributed by atoms with van der Waals surface area (Å²) in [4.78, 5) is 0. The van der Waals surface area contributed by atoms with E-state index >= 15 is 0 Å². The molecule has 0 aromatic carbocycles. The van der Waals surface area contributed by atoms with Gasteiger partial charge in [-0.3, -0.25) is 0 Å². The number of rotatable bonds is 6. The molecule has 4 rings (SSSR count). The van der Waals surface area contributed by atoms with Gasteiger partial charge in [0, 0.05) is 11.3 Å². The van der Waals surface area contributed by atoms with Gasteiger partial charge in [-0.1, -0.05) is 87.0 Å². The molecule has 4 saturated carbocycles. The van der Waals surface area contributed by atoms with Gasteiger partial charge in [0.2, 0.25) is 0 Å². The summed E-state index contributed by atoms with van der Waals surface area (Å²) in [5.74, 6) is 3.07. The molecule has 3 nitrogen and oxygen atoms in total. The van der Waals surface area contributed by atoms with E-state index in [0.29, 0.717) is 23.7 Å². The van der Waals surface area contributed by atoms with Crippen molar-refractivity contribution >= 4 is 0 Å². The van der Waals surface area contributed by atoms with Crippen LogP contribution in [0.1, 0.15) is 120 Å². The van der Waals surface area contributed by atoms with Crippen LogP contribution in [0.25, 0.3) is 0 Å². The van der Waals surface area contributed by atoms with Crippen LogP contribution in [0.2, 0.25) is 0 Å². The summed E-state index contributed by atoms with van der Waals surface area (Å²) < 4.78 is 0. The number of hydrogen-bond acceptors (Lipinski definition) is 3. The molecule has 0 radical (unpaired) electrons. The number of aliphatic hydroxyl groups is 3. The Morgan fingerprint density at radius 3 is 2.23 bits per heavy atom. The van der Waals surface area contributed by atoms with Crippen molar-refractivity contribution in [1.29, 1.82) is 0 Å². The second-order valence-corrected chi connectivity index (χ2v) is 15.0. The van der Waals surface area contributed by atoms with Gasteiger partial charge >= 0.3 is 0 Å². The summed E-state index contributed by atoms with van der Waals surface area (Å²) in [6, 6.07) is 0. The zero-order chi connectivity index (χ0) is 25.9. The molecular weight excluding hydrogens is 432 g/mol. The van der Waals surface area contributed by atoms with Gasteiger partial charge in [0.15, 0.2) is 0 Å². The Hall–Kier alpha value is -0.120. The van der Waals surface area contributed by atoms with Crippen LogP contribution in [0.4, 0.5) is 0 Å². The highest BCUT2D eigenvalue weighted by molar-refractivity contribution is 5.18. The molecular formula is C32H58O3. The highest BCUT2D eigenvalue weighted by Gasteiger charge is 2.70. The summed E-state index contributed by atoms with van der Waals surface area (Å²) in [6.45, 7) is 18.4. The summed E-state index contributed by atoms with van der Waals surface area (Å²) in [7, 11) is 0. The Morgan fingerprint density at radius 2 is 1.60 bits per heavy atom. The van der Waals surface area contributed by atoms with Crippen LogP contribution in [0.15, 0.2) is 0 Å². The van der Waals surface area contributed by atoms with Crippen molar-refractivity contribution in [3.8, 4) is 0 Å². The van der Waals surface area contributed by atoms with Crippen molar-refractivity contribution in [2.45, 2.75) is 138 Å². The largest absolute Gasteiger partial charge is 0.393 e. The number of hydrogen-bond donors (Lipinski definition) is 3. The third kappa shape index (κ3) is 4.26. The lowest BCUT2D eigenvalue weighted by Crippen LogP contribution is -2.70. The second kappa shape index (κ2) is 9.88. The first-order valence-corrected chi connectivity index (χ1v) is 15.4. The van der Waals surface area contributed by atoms with E-state index in [0.717, 1.165) is 18.8 Å². The molecule has 0 aromatic rings. The van der Waals surface area contributed by atoms with Crippen LogP contribution in [0, 0.1) is 63.6 Å². The first-order valence-electron chi connectivity index (χ1n) is 15.4. The zero-order valence-electron chi connectivity index (χ0n) is 24.3. The lowest BCUT2D eigenvalue weighted by molar-refractivity contribution is -0.279. The normalized spacial score (nSPS) is 54.9. The number of unbranched alkanes of at least 4 members (excludes halogenated alkanes) is 3. The molecule has 14 unspecified atom stereocenters. The fourth-order valence-corrected chi connectivity index (χ4v) is 11.3. The maximum atomic E-state index is 12.2. The molecule has 4 aliphatic rings. The van der Waals surface area contributed by atoms with Gasteiger partial charge in [0.25, 0.3) is 0 Å². The van der Waals surface area contributed by atoms with Crippen molar-refractivity contribution in [3.05, 3.63) is 0 Å². The molecule has 0 amide bonds. The monoisotopic (exact) mass is 490 g/mol. The maximum Gasteiger partial charge on any atom is 0.0656 e. The van der Waals surface area contributed by atoms with Gasteiger partial charge < -0.3 is 15.3 Å². The summed E-state index contributed by atoms with van der Waals surface area (Å²) in [5.41, 5.74) is -0.161. The van der Waals surface area contributed by atoms with Gasteiger partial charge in [-0.25, -0.2) is 0 Å². The molecule has 204 valence electrons. The lowest BCUT2D eigenvalue weighted by atomic mass is 9.34. The lowest BCUT2D eigenvalue weighted by Gasteiger charge is -2.72. The topological polar surface area (TPSA) is 60.7 Å². The quantitative estimate of drug-likeness (QED) is 0.349. The molecule has 0 saturated heterocycles. The number of fused-ring (bicyclic) bond motifs is 3. The minimum atomic E-state index is -0.532. The Bertz CT molecular complexity index is 736. The average Bonchev–Trinajstić information content (AvgIpc) is 2.74. The predicted octanol–water partition coefficient (Wildman–Crippen LogP) is 7.07. The van der Waals surface area contributed by atoms with E-state index < -0.39 is 12.2 Å². The van der Waals surface area contributed by atoms with Crippen LogP contribution in [0.5, 0.6) is 0 Å². The average molecular weight is 491 g/mol. The third-order valence-corrected chi connectivity index (χ3v) is 13.0.